The van der Waals surface area contributed by atoms with Crippen LogP contribution in [0.1, 0.15) is 43.2 Å². The summed E-state index contributed by atoms with van der Waals surface area (Å²) in [6.45, 7) is 3.85. The molecule has 1 saturated carbocycles. The number of nitrogens with one attached hydrogen (secondary N) is 1. The lowest BCUT2D eigenvalue weighted by Crippen LogP contribution is -2.45. The van der Waals surface area contributed by atoms with Crippen molar-refractivity contribution in [1.82, 2.24) is 14.9 Å². The van der Waals surface area contributed by atoms with Crippen LogP contribution in [0.15, 0.2) is 18.2 Å². The van der Waals surface area contributed by atoms with E-state index in [1.165, 1.54) is 0 Å². The molecule has 2 aliphatic carbocycles. The number of aryl methyl sites for hydroxylation is 1. The molecule has 5 rings (SSSR count). The lowest BCUT2D eigenvalue weighted by Gasteiger charge is -2.35. The van der Waals surface area contributed by atoms with Crippen molar-refractivity contribution in [3.05, 3.63) is 29.3 Å². The van der Waals surface area contributed by atoms with E-state index in [1.807, 2.05) is 18.2 Å². The van der Waals surface area contributed by atoms with Gasteiger partial charge in [-0.25, -0.2) is 13.4 Å². The number of nitrogens with zero attached hydrogens (tertiary/aromatic N) is 4. The highest BCUT2D eigenvalue weighted by molar-refractivity contribution is 7.93. The molecule has 0 atom stereocenters. The first-order valence-electron chi connectivity index (χ1n) is 11.7. The zero-order valence-electron chi connectivity index (χ0n) is 18.7. The van der Waals surface area contributed by atoms with Crippen LogP contribution in [-0.2, 0) is 22.9 Å². The summed E-state index contributed by atoms with van der Waals surface area (Å²) in [4.78, 5) is 13.8. The van der Waals surface area contributed by atoms with Crippen LogP contribution >= 0.6 is 0 Å². The standard InChI is InChI=1S/C23H32N6O2S/c1-28-11-13-29(14-12-28)22-20-9-7-16-15-17(8-10-19(16)21(20)25-23(24)26-22)27-32(30,31)18-5-3-2-4-6-18/h8,10,15,18,27H,2-7,9,11-14H2,1H3,(H2,24,25,26). The Bertz CT molecular complexity index is 1110. The first-order valence-corrected chi connectivity index (χ1v) is 13.2. The maximum atomic E-state index is 12.9. The van der Waals surface area contributed by atoms with E-state index < -0.39 is 10.0 Å². The van der Waals surface area contributed by atoms with Crippen molar-refractivity contribution in [3.8, 4) is 11.3 Å². The quantitative estimate of drug-likeness (QED) is 0.729. The minimum atomic E-state index is -3.36. The van der Waals surface area contributed by atoms with Crippen LogP contribution < -0.4 is 15.4 Å². The minimum absolute atomic E-state index is 0.285. The summed E-state index contributed by atoms with van der Waals surface area (Å²) in [5.74, 6) is 1.24. The third kappa shape index (κ3) is 4.15. The Morgan fingerprint density at radius 1 is 1.03 bits per heavy atom. The number of piperazine rings is 1. The summed E-state index contributed by atoms with van der Waals surface area (Å²) in [7, 11) is -1.23. The van der Waals surface area contributed by atoms with Crippen LogP contribution in [0.25, 0.3) is 11.3 Å². The lowest BCUT2D eigenvalue weighted by molar-refractivity contribution is 0.312. The van der Waals surface area contributed by atoms with E-state index in [1.54, 1.807) is 0 Å². The molecule has 2 heterocycles. The van der Waals surface area contributed by atoms with Gasteiger partial charge >= 0.3 is 0 Å². The van der Waals surface area contributed by atoms with Gasteiger partial charge in [-0.3, -0.25) is 4.72 Å². The normalized spacial score (nSPS) is 20.0. The number of hydrogen-bond acceptors (Lipinski definition) is 7. The van der Waals surface area contributed by atoms with Crippen LogP contribution in [0.3, 0.4) is 0 Å². The van der Waals surface area contributed by atoms with Gasteiger partial charge in [-0.2, -0.15) is 4.98 Å². The van der Waals surface area contributed by atoms with Gasteiger partial charge in [0, 0.05) is 43.0 Å². The number of nitrogens with two attached hydrogens (primary N) is 1. The summed E-state index contributed by atoms with van der Waals surface area (Å²) in [6.07, 6.45) is 6.26. The molecule has 1 aromatic carbocycles. The summed E-state index contributed by atoms with van der Waals surface area (Å²) in [5, 5.41) is -0.285. The fourth-order valence-electron chi connectivity index (χ4n) is 5.20. The highest BCUT2D eigenvalue weighted by Crippen LogP contribution is 2.38. The van der Waals surface area contributed by atoms with Gasteiger partial charge in [-0.1, -0.05) is 25.3 Å². The van der Waals surface area contributed by atoms with Gasteiger partial charge in [0.15, 0.2) is 0 Å². The van der Waals surface area contributed by atoms with Crippen molar-refractivity contribution in [2.75, 3.05) is 48.6 Å². The molecule has 1 saturated heterocycles. The Morgan fingerprint density at radius 2 is 1.78 bits per heavy atom. The molecule has 9 heteroatoms. The third-order valence-corrected chi connectivity index (χ3v) is 8.93. The summed E-state index contributed by atoms with van der Waals surface area (Å²) in [6, 6.07) is 5.79. The van der Waals surface area contributed by atoms with Crippen molar-refractivity contribution in [1.29, 1.82) is 0 Å². The monoisotopic (exact) mass is 456 g/mol. The zero-order valence-corrected chi connectivity index (χ0v) is 19.5. The molecular weight excluding hydrogens is 424 g/mol. The van der Waals surface area contributed by atoms with Crippen LogP contribution in [0.5, 0.6) is 0 Å². The molecular formula is C23H32N6O2S. The van der Waals surface area contributed by atoms with Crippen LogP contribution in [0.2, 0.25) is 0 Å². The molecule has 2 aromatic rings. The Labute approximate surface area is 190 Å². The molecule has 0 spiro atoms. The van der Waals surface area contributed by atoms with Crippen molar-refractivity contribution in [2.24, 2.45) is 0 Å². The fraction of sp³-hybridized carbons (Fsp3) is 0.565. The van der Waals surface area contributed by atoms with Crippen molar-refractivity contribution < 1.29 is 8.42 Å². The average Bonchev–Trinajstić information content (AvgIpc) is 2.79. The Kier molecular flexibility index (Phi) is 5.71. The molecule has 32 heavy (non-hydrogen) atoms. The number of rotatable bonds is 4. The second-order valence-corrected chi connectivity index (χ2v) is 11.3. The van der Waals surface area contributed by atoms with Crippen molar-refractivity contribution >= 4 is 27.5 Å². The molecule has 0 bridgehead atoms. The maximum absolute atomic E-state index is 12.9. The average molecular weight is 457 g/mol. The van der Waals surface area contributed by atoms with E-state index in [-0.39, 0.29) is 11.2 Å². The minimum Gasteiger partial charge on any atom is -0.368 e. The number of aromatic nitrogens is 2. The second kappa shape index (κ2) is 8.51. The molecule has 2 fully saturated rings. The van der Waals surface area contributed by atoms with Gasteiger partial charge < -0.3 is 15.5 Å². The number of anilines is 3. The number of hydrogen-bond donors (Lipinski definition) is 2. The van der Waals surface area contributed by atoms with Crippen LogP contribution in [0.4, 0.5) is 17.5 Å². The first kappa shape index (κ1) is 21.5. The lowest BCUT2D eigenvalue weighted by atomic mass is 9.88. The van der Waals surface area contributed by atoms with Gasteiger partial charge in [0.05, 0.1) is 10.9 Å². The second-order valence-electron chi connectivity index (χ2n) is 9.30. The molecule has 1 aliphatic heterocycles. The van der Waals surface area contributed by atoms with Crippen LogP contribution in [0, 0.1) is 0 Å². The summed E-state index contributed by atoms with van der Waals surface area (Å²) in [5.41, 5.74) is 10.9. The van der Waals surface area contributed by atoms with Gasteiger partial charge in [0.25, 0.3) is 0 Å². The van der Waals surface area contributed by atoms with Gasteiger partial charge in [-0.05, 0) is 50.4 Å². The number of fused-ring (bicyclic) bond motifs is 3. The summed E-state index contributed by atoms with van der Waals surface area (Å²) < 4.78 is 28.5. The maximum Gasteiger partial charge on any atom is 0.235 e. The van der Waals surface area contributed by atoms with Crippen molar-refractivity contribution in [2.45, 2.75) is 50.2 Å². The topological polar surface area (TPSA) is 104 Å². The van der Waals surface area contributed by atoms with E-state index >= 15 is 0 Å². The largest absolute Gasteiger partial charge is 0.368 e. The molecule has 0 unspecified atom stereocenters. The smallest absolute Gasteiger partial charge is 0.235 e. The SMILES string of the molecule is CN1CCN(c2nc(N)nc3c2CCc2cc(NS(=O)(=O)C4CCCCC4)ccc2-3)CC1. The molecule has 172 valence electrons. The zero-order chi connectivity index (χ0) is 22.3. The molecule has 8 nitrogen and oxygen atoms in total. The molecule has 0 radical (unpaired) electrons. The number of likely N-dealkylation sites (N-methyl/N-ethyl adjacent to an activating group) is 1. The number of benzene rings is 1. The van der Waals surface area contributed by atoms with E-state index in [2.05, 4.69) is 31.5 Å². The van der Waals surface area contributed by atoms with Crippen LogP contribution in [-0.4, -0.2) is 61.8 Å². The summed E-state index contributed by atoms with van der Waals surface area (Å²) >= 11 is 0. The fourth-order valence-corrected chi connectivity index (χ4v) is 6.78. The number of nitrogen functional groups attached to an aromatic ring is 1. The van der Waals surface area contributed by atoms with E-state index in [9.17, 15) is 8.42 Å². The van der Waals surface area contributed by atoms with Gasteiger partial charge in [0.2, 0.25) is 16.0 Å². The predicted molar refractivity (Wildman–Crippen MR) is 128 cm³/mol. The Hall–Kier alpha value is -2.39. The molecule has 3 N–H and O–H groups in total. The van der Waals surface area contributed by atoms with E-state index in [0.717, 1.165) is 99.3 Å². The Balaban J connectivity index is 1.43. The molecule has 0 amide bonds. The first-order chi connectivity index (χ1) is 15.4. The van der Waals surface area contributed by atoms with Gasteiger partial charge in [-0.15, -0.1) is 0 Å². The highest BCUT2D eigenvalue weighted by Gasteiger charge is 2.29. The van der Waals surface area contributed by atoms with Gasteiger partial charge in [0.1, 0.15) is 5.82 Å². The molecule has 3 aliphatic rings. The Morgan fingerprint density at radius 3 is 2.53 bits per heavy atom. The predicted octanol–water partition coefficient (Wildman–Crippen LogP) is 2.65. The molecule has 1 aromatic heterocycles. The highest BCUT2D eigenvalue weighted by atomic mass is 32.2. The van der Waals surface area contributed by atoms with E-state index in [4.69, 9.17) is 5.73 Å². The van der Waals surface area contributed by atoms with E-state index in [0.29, 0.717) is 5.69 Å². The number of sulfonamides is 1. The van der Waals surface area contributed by atoms with Crippen molar-refractivity contribution in [3.63, 3.8) is 0 Å². The third-order valence-electron chi connectivity index (χ3n) is 7.06.